The Morgan fingerprint density at radius 1 is 0.971 bits per heavy atom. The molecule has 1 amide bonds. The molecule has 3 aromatic carbocycles. The number of phenols is 1. The quantitative estimate of drug-likeness (QED) is 0.208. The molecule has 2 aromatic heterocycles. The summed E-state index contributed by atoms with van der Waals surface area (Å²) in [6, 6.07) is 26.1. The minimum atomic E-state index is -0.548. The molecule has 0 unspecified atom stereocenters. The number of hydrogen-bond donors (Lipinski definition) is 2. The van der Waals surface area contributed by atoms with Crippen molar-refractivity contribution in [1.29, 1.82) is 0 Å². The molecule has 0 saturated heterocycles. The van der Waals surface area contributed by atoms with Gasteiger partial charge in [-0.3, -0.25) is 14.2 Å². The van der Waals surface area contributed by atoms with E-state index in [0.717, 1.165) is 0 Å². The third-order valence-electron chi connectivity index (χ3n) is 5.06. The molecule has 9 heteroatoms. The fourth-order valence-electron chi connectivity index (χ4n) is 3.41. The number of benzene rings is 3. The first-order valence-electron chi connectivity index (χ1n) is 10.6. The molecule has 0 aliphatic rings. The Balaban J connectivity index is 1.40. The Morgan fingerprint density at radius 2 is 1.71 bits per heavy atom. The van der Waals surface area contributed by atoms with Crippen molar-refractivity contribution in [3.05, 3.63) is 113 Å². The lowest BCUT2D eigenvalue weighted by Crippen LogP contribution is -2.21. The van der Waals surface area contributed by atoms with Gasteiger partial charge in [0.05, 0.1) is 28.4 Å². The van der Waals surface area contributed by atoms with Crippen LogP contribution in [0.2, 0.25) is 0 Å². The van der Waals surface area contributed by atoms with Crippen LogP contribution in [0.3, 0.4) is 0 Å². The summed E-state index contributed by atoms with van der Waals surface area (Å²) >= 11 is 1.20. The van der Waals surface area contributed by atoms with Gasteiger partial charge in [0, 0.05) is 0 Å². The number of rotatable bonds is 6. The zero-order valence-corrected chi connectivity index (χ0v) is 19.0. The highest BCUT2D eigenvalue weighted by Gasteiger charge is 2.15. The van der Waals surface area contributed by atoms with Crippen LogP contribution >= 0.6 is 11.8 Å². The van der Waals surface area contributed by atoms with Gasteiger partial charge in [0.1, 0.15) is 11.5 Å². The van der Waals surface area contributed by atoms with Crippen molar-refractivity contribution in [2.24, 2.45) is 5.10 Å². The molecule has 0 radical (unpaired) electrons. The van der Waals surface area contributed by atoms with Gasteiger partial charge >= 0.3 is 0 Å². The Hall–Kier alpha value is -4.63. The minimum absolute atomic E-state index is 0.113. The number of fused-ring (bicyclic) bond motifs is 1. The van der Waals surface area contributed by atoms with Crippen molar-refractivity contribution in [3.8, 4) is 11.4 Å². The van der Waals surface area contributed by atoms with E-state index in [1.54, 1.807) is 41.0 Å². The largest absolute Gasteiger partial charge is 0.507 e. The molecule has 8 nitrogen and oxygen atoms in total. The number of para-hydroxylation sites is 3. The lowest BCUT2D eigenvalue weighted by molar-refractivity contribution is 0.0952. The fourth-order valence-corrected chi connectivity index (χ4v) is 4.29. The molecule has 0 aliphatic heterocycles. The fraction of sp³-hybridized carbons (Fsp3) is 0. The summed E-state index contributed by atoms with van der Waals surface area (Å²) in [6.07, 6.45) is 1.35. The van der Waals surface area contributed by atoms with Gasteiger partial charge in [-0.05, 0) is 60.3 Å². The van der Waals surface area contributed by atoms with E-state index in [2.05, 4.69) is 10.5 Å². The number of amides is 1. The highest BCUT2D eigenvalue weighted by atomic mass is 32.2. The monoisotopic (exact) mass is 482 g/mol. The molecule has 5 aromatic rings. The number of furan rings is 1. The summed E-state index contributed by atoms with van der Waals surface area (Å²) in [6.45, 7) is 0. The summed E-state index contributed by atoms with van der Waals surface area (Å²) < 4.78 is 7.35. The Kier molecular flexibility index (Phi) is 6.15. The summed E-state index contributed by atoms with van der Waals surface area (Å²) in [7, 11) is 0. The van der Waals surface area contributed by atoms with E-state index in [4.69, 9.17) is 9.40 Å². The van der Waals surface area contributed by atoms with Gasteiger partial charge in [-0.1, -0.05) is 42.5 Å². The predicted octanol–water partition coefficient (Wildman–Crippen LogP) is 4.60. The van der Waals surface area contributed by atoms with E-state index >= 15 is 0 Å². The normalized spacial score (nSPS) is 11.2. The number of phenolic OH excluding ortho intramolecular Hbond substituents is 1. The average Bonchev–Trinajstić information content (AvgIpc) is 3.32. The van der Waals surface area contributed by atoms with E-state index in [-0.39, 0.29) is 16.9 Å². The van der Waals surface area contributed by atoms with E-state index in [1.165, 1.54) is 30.1 Å². The third kappa shape index (κ3) is 4.71. The molecule has 0 saturated carbocycles. The van der Waals surface area contributed by atoms with Gasteiger partial charge in [-0.15, -0.1) is 0 Å². The van der Waals surface area contributed by atoms with Crippen LogP contribution in [0.1, 0.15) is 16.1 Å². The molecule has 2 heterocycles. The Morgan fingerprint density at radius 3 is 2.54 bits per heavy atom. The SMILES string of the molecule is O=C(N/N=C\c1ccc(Sc2nc3ccccc3c(=O)n2-c2ccccc2)o1)c1ccccc1O. The molecule has 35 heavy (non-hydrogen) atoms. The van der Waals surface area contributed by atoms with Crippen molar-refractivity contribution in [2.45, 2.75) is 10.2 Å². The van der Waals surface area contributed by atoms with Gasteiger partial charge in [0.25, 0.3) is 11.5 Å². The number of nitrogens with one attached hydrogen (secondary N) is 1. The van der Waals surface area contributed by atoms with Crippen molar-refractivity contribution >= 4 is 34.8 Å². The molecule has 0 atom stereocenters. The minimum Gasteiger partial charge on any atom is -0.507 e. The summed E-state index contributed by atoms with van der Waals surface area (Å²) in [5.74, 6) is -0.295. The first kappa shape index (κ1) is 22.2. The zero-order chi connectivity index (χ0) is 24.2. The van der Waals surface area contributed by atoms with Crippen LogP contribution in [0.5, 0.6) is 5.75 Å². The zero-order valence-electron chi connectivity index (χ0n) is 18.2. The molecule has 0 fully saturated rings. The molecule has 5 rings (SSSR count). The van der Waals surface area contributed by atoms with Crippen LogP contribution in [-0.2, 0) is 0 Å². The van der Waals surface area contributed by atoms with E-state index in [1.807, 2.05) is 42.5 Å². The van der Waals surface area contributed by atoms with Crippen LogP contribution in [-0.4, -0.2) is 26.8 Å². The first-order valence-corrected chi connectivity index (χ1v) is 11.4. The average molecular weight is 483 g/mol. The molecule has 0 aliphatic carbocycles. The van der Waals surface area contributed by atoms with Crippen LogP contribution in [0.4, 0.5) is 0 Å². The molecule has 2 N–H and O–H groups in total. The van der Waals surface area contributed by atoms with E-state index in [0.29, 0.717) is 32.6 Å². The highest BCUT2D eigenvalue weighted by Crippen LogP contribution is 2.29. The standard InChI is InChI=1S/C26H18N4O4S/c31-22-13-7-5-11-20(22)24(32)29-27-16-18-14-15-23(34-18)35-26-28-21-12-6-4-10-19(21)25(33)30(26)17-8-2-1-3-9-17/h1-16,31H,(H,29,32)/b27-16-. The number of nitrogens with zero attached hydrogens (tertiary/aromatic N) is 3. The molecule has 172 valence electrons. The number of hydrazone groups is 1. The van der Waals surface area contributed by atoms with Gasteiger partial charge < -0.3 is 9.52 Å². The second-order valence-corrected chi connectivity index (χ2v) is 8.33. The summed E-state index contributed by atoms with van der Waals surface area (Å²) in [5, 5.41) is 15.1. The van der Waals surface area contributed by atoms with Crippen molar-refractivity contribution in [3.63, 3.8) is 0 Å². The number of carbonyl (C=O) groups excluding carboxylic acids is 1. The smallest absolute Gasteiger partial charge is 0.275 e. The second kappa shape index (κ2) is 9.70. The van der Waals surface area contributed by atoms with Crippen LogP contribution in [0, 0.1) is 0 Å². The lowest BCUT2D eigenvalue weighted by Gasteiger charge is -2.12. The lowest BCUT2D eigenvalue weighted by atomic mass is 10.2. The summed E-state index contributed by atoms with van der Waals surface area (Å²) in [4.78, 5) is 30.1. The molecular formula is C26H18N4O4S. The maximum absolute atomic E-state index is 13.3. The molecule has 0 spiro atoms. The first-order chi connectivity index (χ1) is 17.1. The maximum atomic E-state index is 13.3. The van der Waals surface area contributed by atoms with Crippen molar-refractivity contribution in [1.82, 2.24) is 15.0 Å². The van der Waals surface area contributed by atoms with Crippen LogP contribution in [0.15, 0.2) is 116 Å². The van der Waals surface area contributed by atoms with Crippen molar-refractivity contribution in [2.75, 3.05) is 0 Å². The highest BCUT2D eigenvalue weighted by molar-refractivity contribution is 7.99. The van der Waals surface area contributed by atoms with Gasteiger partial charge in [0.15, 0.2) is 10.2 Å². The number of aromatic nitrogens is 2. The summed E-state index contributed by atoms with van der Waals surface area (Å²) in [5.41, 5.74) is 3.57. The van der Waals surface area contributed by atoms with Gasteiger partial charge in [-0.2, -0.15) is 5.10 Å². The number of hydrogen-bond acceptors (Lipinski definition) is 7. The third-order valence-corrected chi connectivity index (χ3v) is 5.94. The topological polar surface area (TPSA) is 110 Å². The van der Waals surface area contributed by atoms with Crippen molar-refractivity contribution < 1.29 is 14.3 Å². The van der Waals surface area contributed by atoms with E-state index in [9.17, 15) is 14.7 Å². The molecule has 0 bridgehead atoms. The predicted molar refractivity (Wildman–Crippen MR) is 133 cm³/mol. The Labute approximate surface area is 203 Å². The number of carbonyl (C=O) groups is 1. The number of aromatic hydroxyl groups is 1. The van der Waals surface area contributed by atoms with Gasteiger partial charge in [-0.25, -0.2) is 10.4 Å². The van der Waals surface area contributed by atoms with E-state index < -0.39 is 5.91 Å². The van der Waals surface area contributed by atoms with Crippen LogP contribution < -0.4 is 11.0 Å². The van der Waals surface area contributed by atoms with Crippen LogP contribution in [0.25, 0.3) is 16.6 Å². The maximum Gasteiger partial charge on any atom is 0.275 e. The molecular weight excluding hydrogens is 464 g/mol. The Bertz CT molecular complexity index is 1610. The second-order valence-electron chi connectivity index (χ2n) is 7.36. The van der Waals surface area contributed by atoms with Gasteiger partial charge in [0.2, 0.25) is 0 Å².